The number of nitrogens with one attached hydrogen (secondary N) is 1. The molecule has 12 heavy (non-hydrogen) atoms. The summed E-state index contributed by atoms with van der Waals surface area (Å²) in [5.74, 6) is 5.09. The molecular formula is C6H15N3O2S. The van der Waals surface area contributed by atoms with Crippen LogP contribution in [-0.4, -0.2) is 38.1 Å². The lowest BCUT2D eigenvalue weighted by atomic mass is 10.0. The summed E-state index contributed by atoms with van der Waals surface area (Å²) in [4.78, 5) is 0. The van der Waals surface area contributed by atoms with E-state index in [9.17, 15) is 8.42 Å². The number of hydrogen-bond acceptors (Lipinski definition) is 4. The topological polar surface area (TPSA) is 75.4 Å². The lowest BCUT2D eigenvalue weighted by molar-refractivity contribution is 0.189. The second-order valence-corrected chi connectivity index (χ2v) is 4.99. The highest BCUT2D eigenvalue weighted by molar-refractivity contribution is 7.88. The Balaban J connectivity index is 2.39. The summed E-state index contributed by atoms with van der Waals surface area (Å²) in [7, 11) is -2.98. The first-order valence-electron chi connectivity index (χ1n) is 3.96. The van der Waals surface area contributed by atoms with Gasteiger partial charge in [-0.25, -0.2) is 8.42 Å². The van der Waals surface area contributed by atoms with Gasteiger partial charge in [0.1, 0.15) is 0 Å². The first kappa shape index (κ1) is 9.91. The average molecular weight is 193 g/mol. The van der Waals surface area contributed by atoms with Gasteiger partial charge in [0.2, 0.25) is 10.0 Å². The van der Waals surface area contributed by atoms with Crippen molar-refractivity contribution in [1.82, 2.24) is 9.73 Å². The molecule has 0 aromatic heterocycles. The number of sulfonamides is 1. The molecule has 1 fully saturated rings. The molecule has 1 aliphatic rings. The van der Waals surface area contributed by atoms with Gasteiger partial charge in [-0.15, -0.1) is 0 Å². The van der Waals surface area contributed by atoms with Crippen LogP contribution >= 0.6 is 0 Å². The van der Waals surface area contributed by atoms with Gasteiger partial charge >= 0.3 is 0 Å². The van der Waals surface area contributed by atoms with Gasteiger partial charge in [0.15, 0.2) is 0 Å². The van der Waals surface area contributed by atoms with E-state index in [-0.39, 0.29) is 6.04 Å². The van der Waals surface area contributed by atoms with E-state index in [4.69, 9.17) is 5.84 Å². The van der Waals surface area contributed by atoms with Crippen molar-refractivity contribution in [2.45, 2.75) is 18.9 Å². The van der Waals surface area contributed by atoms with Crippen LogP contribution in [0.5, 0.6) is 0 Å². The molecule has 0 spiro atoms. The van der Waals surface area contributed by atoms with Crippen LogP contribution in [0.25, 0.3) is 0 Å². The van der Waals surface area contributed by atoms with E-state index in [1.54, 1.807) is 0 Å². The zero-order valence-corrected chi connectivity index (χ0v) is 7.97. The first-order valence-corrected chi connectivity index (χ1v) is 5.81. The SMILES string of the molecule is CS(=O)(=O)N1CCC1CCNN. The van der Waals surface area contributed by atoms with Crippen molar-refractivity contribution in [3.05, 3.63) is 0 Å². The van der Waals surface area contributed by atoms with Crippen molar-refractivity contribution >= 4 is 10.0 Å². The van der Waals surface area contributed by atoms with Crippen LogP contribution in [0.3, 0.4) is 0 Å². The van der Waals surface area contributed by atoms with Gasteiger partial charge in [-0.1, -0.05) is 0 Å². The normalized spacial score (nSPS) is 25.3. The zero-order chi connectivity index (χ0) is 9.19. The Morgan fingerprint density at radius 3 is 2.67 bits per heavy atom. The van der Waals surface area contributed by atoms with Gasteiger partial charge < -0.3 is 0 Å². The Morgan fingerprint density at radius 1 is 1.67 bits per heavy atom. The Kier molecular flexibility index (Phi) is 3.05. The van der Waals surface area contributed by atoms with Crippen molar-refractivity contribution in [2.75, 3.05) is 19.3 Å². The van der Waals surface area contributed by atoms with Gasteiger partial charge in [-0.3, -0.25) is 11.3 Å². The van der Waals surface area contributed by atoms with E-state index in [2.05, 4.69) is 5.43 Å². The highest BCUT2D eigenvalue weighted by Crippen LogP contribution is 2.22. The van der Waals surface area contributed by atoms with Crippen molar-refractivity contribution < 1.29 is 8.42 Å². The Morgan fingerprint density at radius 2 is 2.33 bits per heavy atom. The third kappa shape index (κ3) is 2.16. The largest absolute Gasteiger partial charge is 0.271 e. The number of rotatable bonds is 4. The van der Waals surface area contributed by atoms with Crippen LogP contribution in [0.15, 0.2) is 0 Å². The van der Waals surface area contributed by atoms with E-state index in [0.29, 0.717) is 13.1 Å². The molecule has 0 aromatic carbocycles. The number of hydrazine groups is 1. The lowest BCUT2D eigenvalue weighted by Crippen LogP contribution is -2.51. The minimum Gasteiger partial charge on any atom is -0.271 e. The molecule has 1 heterocycles. The Bertz CT molecular complexity index is 239. The molecule has 0 saturated carbocycles. The van der Waals surface area contributed by atoms with Crippen LogP contribution in [-0.2, 0) is 10.0 Å². The second-order valence-electron chi connectivity index (χ2n) is 3.06. The standard InChI is InChI=1S/C6H15N3O2S/c1-12(10,11)9-5-3-6(9)2-4-8-7/h6,8H,2-5,7H2,1H3. The van der Waals surface area contributed by atoms with Crippen molar-refractivity contribution in [3.8, 4) is 0 Å². The average Bonchev–Trinajstić information content (AvgIpc) is 1.82. The summed E-state index contributed by atoms with van der Waals surface area (Å²) in [6, 6.07) is 0.163. The molecule has 0 aliphatic carbocycles. The lowest BCUT2D eigenvalue weighted by Gasteiger charge is -2.38. The van der Waals surface area contributed by atoms with E-state index >= 15 is 0 Å². The fourth-order valence-corrected chi connectivity index (χ4v) is 2.58. The van der Waals surface area contributed by atoms with Gasteiger partial charge in [0.25, 0.3) is 0 Å². The third-order valence-electron chi connectivity index (χ3n) is 2.14. The molecule has 1 saturated heterocycles. The molecule has 1 rings (SSSR count). The van der Waals surface area contributed by atoms with E-state index in [1.165, 1.54) is 10.6 Å². The highest BCUT2D eigenvalue weighted by Gasteiger charge is 2.33. The van der Waals surface area contributed by atoms with Gasteiger partial charge in [-0.2, -0.15) is 4.31 Å². The van der Waals surface area contributed by atoms with Gasteiger partial charge in [0.05, 0.1) is 6.26 Å². The molecule has 3 N–H and O–H groups in total. The van der Waals surface area contributed by atoms with Crippen molar-refractivity contribution in [1.29, 1.82) is 0 Å². The van der Waals surface area contributed by atoms with E-state index in [0.717, 1.165) is 12.8 Å². The summed E-state index contributed by atoms with van der Waals surface area (Å²) >= 11 is 0. The van der Waals surface area contributed by atoms with E-state index in [1.807, 2.05) is 0 Å². The minimum atomic E-state index is -2.98. The number of nitrogens with two attached hydrogens (primary N) is 1. The smallest absolute Gasteiger partial charge is 0.211 e. The van der Waals surface area contributed by atoms with Crippen LogP contribution < -0.4 is 11.3 Å². The molecule has 1 unspecified atom stereocenters. The Labute approximate surface area is 72.9 Å². The van der Waals surface area contributed by atoms with E-state index < -0.39 is 10.0 Å². The fourth-order valence-electron chi connectivity index (χ4n) is 1.39. The molecule has 6 heteroatoms. The van der Waals surface area contributed by atoms with Crippen LogP contribution in [0.1, 0.15) is 12.8 Å². The minimum absolute atomic E-state index is 0.163. The summed E-state index contributed by atoms with van der Waals surface area (Å²) in [6.07, 6.45) is 2.99. The summed E-state index contributed by atoms with van der Waals surface area (Å²) < 4.78 is 23.6. The van der Waals surface area contributed by atoms with Gasteiger partial charge in [-0.05, 0) is 12.8 Å². The quantitative estimate of drug-likeness (QED) is 0.438. The molecular weight excluding hydrogens is 178 g/mol. The molecule has 1 atom stereocenters. The summed E-state index contributed by atoms with van der Waals surface area (Å²) in [5.41, 5.74) is 2.52. The third-order valence-corrected chi connectivity index (χ3v) is 3.47. The van der Waals surface area contributed by atoms with Crippen LogP contribution in [0, 0.1) is 0 Å². The molecule has 0 aromatic rings. The predicted octanol–water partition coefficient (Wildman–Crippen LogP) is -1.13. The maximum atomic E-state index is 11.1. The zero-order valence-electron chi connectivity index (χ0n) is 7.16. The maximum Gasteiger partial charge on any atom is 0.211 e. The predicted molar refractivity (Wildman–Crippen MR) is 46.8 cm³/mol. The first-order chi connectivity index (χ1) is 5.55. The molecule has 0 radical (unpaired) electrons. The molecule has 0 amide bonds. The molecule has 5 nitrogen and oxygen atoms in total. The summed E-state index contributed by atoms with van der Waals surface area (Å²) in [5, 5.41) is 0. The summed E-state index contributed by atoms with van der Waals surface area (Å²) in [6.45, 7) is 1.32. The molecule has 1 aliphatic heterocycles. The molecule has 0 bridgehead atoms. The van der Waals surface area contributed by atoms with Crippen LogP contribution in [0.4, 0.5) is 0 Å². The van der Waals surface area contributed by atoms with Crippen molar-refractivity contribution in [3.63, 3.8) is 0 Å². The monoisotopic (exact) mass is 193 g/mol. The number of nitrogens with zero attached hydrogens (tertiary/aromatic N) is 1. The second kappa shape index (κ2) is 3.69. The fraction of sp³-hybridized carbons (Fsp3) is 1.00. The Hall–Kier alpha value is -0.170. The van der Waals surface area contributed by atoms with Crippen molar-refractivity contribution in [2.24, 2.45) is 5.84 Å². The maximum absolute atomic E-state index is 11.1. The molecule has 72 valence electrons. The van der Waals surface area contributed by atoms with Crippen LogP contribution in [0.2, 0.25) is 0 Å². The van der Waals surface area contributed by atoms with Gasteiger partial charge in [0, 0.05) is 19.1 Å². The highest BCUT2D eigenvalue weighted by atomic mass is 32.2. The number of hydrogen-bond donors (Lipinski definition) is 2.